The van der Waals surface area contributed by atoms with E-state index in [4.69, 9.17) is 0 Å². The second kappa shape index (κ2) is 9.79. The third kappa shape index (κ3) is 4.69. The number of nitrogens with zero attached hydrogens (tertiary/aromatic N) is 3. The lowest BCUT2D eigenvalue weighted by molar-refractivity contribution is 0.0539. The topological polar surface area (TPSA) is 43.9 Å². The van der Waals surface area contributed by atoms with Crippen LogP contribution in [0.3, 0.4) is 0 Å². The van der Waals surface area contributed by atoms with Crippen LogP contribution in [0.5, 0.6) is 0 Å². The number of anilines is 1. The number of rotatable bonds is 4. The summed E-state index contributed by atoms with van der Waals surface area (Å²) in [5.74, 6) is 1.64. The number of fused-ring (bicyclic) bond motifs is 1. The molecular formula is C28H33N3O2S. The van der Waals surface area contributed by atoms with Crippen LogP contribution < -0.4 is 4.90 Å². The van der Waals surface area contributed by atoms with E-state index in [1.165, 1.54) is 4.70 Å². The molecule has 34 heavy (non-hydrogen) atoms. The molecule has 178 valence electrons. The molecule has 2 aromatic carbocycles. The first-order valence-corrected chi connectivity index (χ1v) is 13.2. The fraction of sp³-hybridized carbons (Fsp3) is 0.429. The zero-order valence-electron chi connectivity index (χ0n) is 20.1. The summed E-state index contributed by atoms with van der Waals surface area (Å²) in [4.78, 5) is 33.0. The Morgan fingerprint density at radius 3 is 1.91 bits per heavy atom. The monoisotopic (exact) mass is 475 g/mol. The average molecular weight is 476 g/mol. The molecule has 5 nitrogen and oxygen atoms in total. The molecule has 2 fully saturated rings. The van der Waals surface area contributed by atoms with Crippen molar-refractivity contribution in [3.8, 4) is 0 Å². The van der Waals surface area contributed by atoms with Crippen molar-refractivity contribution in [1.29, 1.82) is 0 Å². The largest absolute Gasteiger partial charge is 0.378 e. The Morgan fingerprint density at radius 2 is 1.35 bits per heavy atom. The number of carbonyl (C=O) groups excluding carboxylic acids is 2. The molecule has 2 saturated heterocycles. The lowest BCUT2D eigenvalue weighted by Gasteiger charge is -2.40. The summed E-state index contributed by atoms with van der Waals surface area (Å²) in [5.41, 5.74) is 1.88. The van der Waals surface area contributed by atoms with E-state index < -0.39 is 0 Å². The second-order valence-corrected chi connectivity index (χ2v) is 10.9. The minimum Gasteiger partial charge on any atom is -0.378 e. The highest BCUT2D eigenvalue weighted by atomic mass is 32.1. The number of benzene rings is 2. The molecule has 2 amide bonds. The maximum atomic E-state index is 13.1. The van der Waals surface area contributed by atoms with Gasteiger partial charge < -0.3 is 14.7 Å². The number of thiophene rings is 1. The van der Waals surface area contributed by atoms with Gasteiger partial charge in [0.15, 0.2) is 0 Å². The summed E-state index contributed by atoms with van der Waals surface area (Å²) in [6.07, 6.45) is 4.27. The predicted molar refractivity (Wildman–Crippen MR) is 140 cm³/mol. The van der Waals surface area contributed by atoms with Crippen LogP contribution in [0.2, 0.25) is 0 Å². The number of likely N-dealkylation sites (tertiary alicyclic amines) is 2. The van der Waals surface area contributed by atoms with Crippen LogP contribution in [0, 0.1) is 11.8 Å². The number of piperidine rings is 2. The molecule has 0 spiro atoms. The van der Waals surface area contributed by atoms with Gasteiger partial charge >= 0.3 is 0 Å². The van der Waals surface area contributed by atoms with Crippen LogP contribution in [0.4, 0.5) is 5.69 Å². The quantitative estimate of drug-likeness (QED) is 0.509. The van der Waals surface area contributed by atoms with Gasteiger partial charge in [-0.1, -0.05) is 18.2 Å². The van der Waals surface area contributed by atoms with Gasteiger partial charge in [-0.2, -0.15) is 0 Å². The van der Waals surface area contributed by atoms with Gasteiger partial charge in [0.05, 0.1) is 4.88 Å². The van der Waals surface area contributed by atoms with Gasteiger partial charge in [0.2, 0.25) is 0 Å². The van der Waals surface area contributed by atoms with Crippen LogP contribution in [-0.4, -0.2) is 61.9 Å². The SMILES string of the molecule is CN(C)c1ccc(C(=O)N2CCC(C3CCN(C(=O)c4cc5ccccc5s4)CC3)CC2)cc1. The Balaban J connectivity index is 1.12. The van der Waals surface area contributed by atoms with E-state index in [2.05, 4.69) is 12.1 Å². The van der Waals surface area contributed by atoms with Crippen molar-refractivity contribution in [2.45, 2.75) is 25.7 Å². The highest BCUT2D eigenvalue weighted by Gasteiger charge is 2.32. The average Bonchev–Trinajstić information content (AvgIpc) is 3.32. The van der Waals surface area contributed by atoms with E-state index in [9.17, 15) is 9.59 Å². The lowest BCUT2D eigenvalue weighted by atomic mass is 9.78. The zero-order valence-corrected chi connectivity index (χ0v) is 20.9. The van der Waals surface area contributed by atoms with Crippen molar-refractivity contribution in [1.82, 2.24) is 9.80 Å². The Morgan fingerprint density at radius 1 is 0.794 bits per heavy atom. The minimum atomic E-state index is 0.146. The predicted octanol–water partition coefficient (Wildman–Crippen LogP) is 5.37. The summed E-state index contributed by atoms with van der Waals surface area (Å²) >= 11 is 1.60. The standard InChI is InChI=1S/C28H33N3O2S/c1-29(2)24-9-7-22(8-10-24)27(32)30-15-11-20(12-16-30)21-13-17-31(18-14-21)28(33)26-19-23-5-3-4-6-25(23)34-26/h3-10,19-21H,11-18H2,1-2H3. The van der Waals surface area contributed by atoms with E-state index in [1.807, 2.05) is 71.3 Å². The van der Waals surface area contributed by atoms with E-state index in [0.29, 0.717) is 11.8 Å². The van der Waals surface area contributed by atoms with Crippen molar-refractivity contribution in [2.75, 3.05) is 45.2 Å². The number of hydrogen-bond acceptors (Lipinski definition) is 4. The summed E-state index contributed by atoms with van der Waals surface area (Å²) in [5, 5.41) is 1.15. The molecule has 0 bridgehead atoms. The molecule has 1 aromatic heterocycles. The third-order valence-electron chi connectivity index (χ3n) is 7.59. The summed E-state index contributed by atoms with van der Waals surface area (Å²) in [6.45, 7) is 3.35. The van der Waals surface area contributed by atoms with Crippen LogP contribution in [0.25, 0.3) is 10.1 Å². The molecule has 0 aliphatic carbocycles. The van der Waals surface area contributed by atoms with Crippen molar-refractivity contribution < 1.29 is 9.59 Å². The van der Waals surface area contributed by atoms with Crippen molar-refractivity contribution >= 4 is 38.9 Å². The lowest BCUT2D eigenvalue weighted by Crippen LogP contribution is -2.44. The normalized spacial score (nSPS) is 17.8. The molecule has 6 heteroatoms. The van der Waals surface area contributed by atoms with Crippen LogP contribution >= 0.6 is 11.3 Å². The number of carbonyl (C=O) groups is 2. The Hall–Kier alpha value is -2.86. The first-order chi connectivity index (χ1) is 16.5. The second-order valence-electron chi connectivity index (χ2n) is 9.85. The molecule has 2 aliphatic rings. The molecule has 0 unspecified atom stereocenters. The third-order valence-corrected chi connectivity index (χ3v) is 8.69. The van der Waals surface area contributed by atoms with E-state index in [-0.39, 0.29) is 11.8 Å². The van der Waals surface area contributed by atoms with E-state index in [0.717, 1.165) is 73.4 Å². The van der Waals surface area contributed by atoms with Gasteiger partial charge in [-0.25, -0.2) is 0 Å². The molecule has 3 heterocycles. The van der Waals surface area contributed by atoms with Gasteiger partial charge in [-0.3, -0.25) is 9.59 Å². The molecular weight excluding hydrogens is 442 g/mol. The van der Waals surface area contributed by atoms with Crippen LogP contribution in [-0.2, 0) is 0 Å². The fourth-order valence-corrected chi connectivity index (χ4v) is 6.51. The first-order valence-electron chi connectivity index (χ1n) is 12.3. The highest BCUT2D eigenvalue weighted by molar-refractivity contribution is 7.20. The van der Waals surface area contributed by atoms with Crippen molar-refractivity contribution in [2.24, 2.45) is 11.8 Å². The Kier molecular flexibility index (Phi) is 6.59. The Labute approximate surface area is 206 Å². The molecule has 5 rings (SSSR count). The van der Waals surface area contributed by atoms with Crippen LogP contribution in [0.1, 0.15) is 45.7 Å². The maximum Gasteiger partial charge on any atom is 0.263 e. The minimum absolute atomic E-state index is 0.146. The van der Waals surface area contributed by atoms with E-state index >= 15 is 0 Å². The summed E-state index contributed by atoms with van der Waals surface area (Å²) < 4.78 is 1.18. The number of amides is 2. The Bertz CT molecular complexity index is 1120. The molecule has 2 aliphatic heterocycles. The summed E-state index contributed by atoms with van der Waals surface area (Å²) in [6, 6.07) is 18.1. The first kappa shape index (κ1) is 22.9. The van der Waals surface area contributed by atoms with Crippen molar-refractivity contribution in [3.05, 3.63) is 65.0 Å². The van der Waals surface area contributed by atoms with Gasteiger partial charge in [-0.15, -0.1) is 11.3 Å². The molecule has 0 atom stereocenters. The molecule has 0 radical (unpaired) electrons. The van der Waals surface area contributed by atoms with Crippen molar-refractivity contribution in [3.63, 3.8) is 0 Å². The fourth-order valence-electron chi connectivity index (χ4n) is 5.48. The molecule has 0 saturated carbocycles. The molecule has 0 N–H and O–H groups in total. The maximum absolute atomic E-state index is 13.1. The van der Waals surface area contributed by atoms with Crippen LogP contribution in [0.15, 0.2) is 54.6 Å². The van der Waals surface area contributed by atoms with Gasteiger partial charge in [0.25, 0.3) is 11.8 Å². The van der Waals surface area contributed by atoms with Gasteiger partial charge in [0, 0.05) is 56.2 Å². The summed E-state index contributed by atoms with van der Waals surface area (Å²) in [7, 11) is 4.01. The number of hydrogen-bond donors (Lipinski definition) is 0. The highest BCUT2D eigenvalue weighted by Crippen LogP contribution is 2.34. The zero-order chi connectivity index (χ0) is 23.7. The van der Waals surface area contributed by atoms with E-state index in [1.54, 1.807) is 11.3 Å². The molecule has 3 aromatic rings. The van der Waals surface area contributed by atoms with Gasteiger partial charge in [-0.05, 0) is 79.3 Å². The van der Waals surface area contributed by atoms with Gasteiger partial charge in [0.1, 0.15) is 0 Å². The smallest absolute Gasteiger partial charge is 0.263 e.